The first-order valence-electron chi connectivity index (χ1n) is 4.62. The van der Waals surface area contributed by atoms with Gasteiger partial charge in [0, 0.05) is 12.3 Å². The van der Waals surface area contributed by atoms with Crippen LogP contribution in [-0.2, 0) is 9.59 Å². The zero-order valence-corrected chi connectivity index (χ0v) is 7.27. The van der Waals surface area contributed by atoms with Gasteiger partial charge < -0.3 is 5.11 Å². The van der Waals surface area contributed by atoms with E-state index in [4.69, 9.17) is 5.11 Å². The van der Waals surface area contributed by atoms with Gasteiger partial charge in [-0.15, -0.1) is 0 Å². The first-order valence-corrected chi connectivity index (χ1v) is 4.62. The third kappa shape index (κ3) is 1.28. The van der Waals surface area contributed by atoms with E-state index in [9.17, 15) is 9.59 Å². The zero-order chi connectivity index (χ0) is 9.42. The van der Waals surface area contributed by atoms with E-state index in [0.717, 1.165) is 12.8 Å². The molecule has 0 bridgehead atoms. The Morgan fingerprint density at radius 1 is 1.54 bits per heavy atom. The maximum absolute atomic E-state index is 11.3. The van der Waals surface area contributed by atoms with Crippen LogP contribution in [0.2, 0.25) is 0 Å². The van der Waals surface area contributed by atoms with Crippen LogP contribution in [0.5, 0.6) is 0 Å². The molecule has 0 heterocycles. The number of aliphatic carboxylic acids is 1. The highest BCUT2D eigenvalue weighted by atomic mass is 16.4. The van der Waals surface area contributed by atoms with E-state index in [1.807, 2.05) is 6.08 Å². The van der Waals surface area contributed by atoms with Crippen molar-refractivity contribution in [2.24, 2.45) is 17.8 Å². The summed E-state index contributed by atoms with van der Waals surface area (Å²) in [7, 11) is 0. The molecule has 0 radical (unpaired) electrons. The number of ketones is 1. The first kappa shape index (κ1) is 8.48. The van der Waals surface area contributed by atoms with Crippen LogP contribution in [0, 0.1) is 17.8 Å². The van der Waals surface area contributed by atoms with Gasteiger partial charge in [0.1, 0.15) is 5.78 Å². The van der Waals surface area contributed by atoms with Crippen LogP contribution >= 0.6 is 0 Å². The summed E-state index contributed by atoms with van der Waals surface area (Å²) in [6.45, 7) is 0. The van der Waals surface area contributed by atoms with E-state index in [0.29, 0.717) is 6.42 Å². The van der Waals surface area contributed by atoms with Gasteiger partial charge in [0.25, 0.3) is 0 Å². The largest absolute Gasteiger partial charge is 0.481 e. The van der Waals surface area contributed by atoms with E-state index in [-0.39, 0.29) is 17.6 Å². The molecular formula is C10H12O3. The molecule has 1 unspecified atom stereocenters. The molecule has 0 aromatic heterocycles. The van der Waals surface area contributed by atoms with Crippen LogP contribution < -0.4 is 0 Å². The molecule has 1 N–H and O–H groups in total. The highest BCUT2D eigenvalue weighted by molar-refractivity contribution is 5.85. The fourth-order valence-electron chi connectivity index (χ4n) is 2.45. The average Bonchev–Trinajstić information content (AvgIpc) is 2.48. The van der Waals surface area contributed by atoms with E-state index in [1.54, 1.807) is 6.08 Å². The smallest absolute Gasteiger partial charge is 0.310 e. The molecule has 0 saturated heterocycles. The fraction of sp³-hybridized carbons (Fsp3) is 0.600. The van der Waals surface area contributed by atoms with Crippen LogP contribution in [0.15, 0.2) is 12.2 Å². The molecule has 0 spiro atoms. The SMILES string of the molecule is O=C(O)C1C=CC[C@@H]2C(=O)CC[C@H]12. The summed E-state index contributed by atoms with van der Waals surface area (Å²) in [4.78, 5) is 22.2. The Balaban J connectivity index is 2.24. The number of carbonyl (C=O) groups excluding carboxylic acids is 1. The Labute approximate surface area is 76.4 Å². The number of fused-ring (bicyclic) bond motifs is 1. The number of allylic oxidation sites excluding steroid dienone is 1. The Kier molecular flexibility index (Phi) is 1.94. The highest BCUT2D eigenvalue weighted by Gasteiger charge is 2.42. The molecule has 0 aromatic rings. The Hall–Kier alpha value is -1.12. The second-order valence-corrected chi connectivity index (χ2v) is 3.80. The molecule has 3 heteroatoms. The van der Waals surface area contributed by atoms with Gasteiger partial charge in [-0.2, -0.15) is 0 Å². The van der Waals surface area contributed by atoms with Crippen LogP contribution in [0.25, 0.3) is 0 Å². The number of carboxylic acid groups (broad SMARTS) is 1. The van der Waals surface area contributed by atoms with E-state index in [1.165, 1.54) is 0 Å². The highest BCUT2D eigenvalue weighted by Crippen LogP contribution is 2.40. The lowest BCUT2D eigenvalue weighted by Gasteiger charge is -2.25. The molecule has 2 aliphatic rings. The number of hydrogen-bond donors (Lipinski definition) is 1. The summed E-state index contributed by atoms with van der Waals surface area (Å²) >= 11 is 0. The van der Waals surface area contributed by atoms with Gasteiger partial charge in [0.05, 0.1) is 5.92 Å². The van der Waals surface area contributed by atoms with Crippen LogP contribution in [0.4, 0.5) is 0 Å². The van der Waals surface area contributed by atoms with E-state index < -0.39 is 11.9 Å². The minimum atomic E-state index is -0.791. The zero-order valence-electron chi connectivity index (χ0n) is 7.27. The van der Waals surface area contributed by atoms with Crippen molar-refractivity contribution < 1.29 is 14.7 Å². The number of hydrogen-bond acceptors (Lipinski definition) is 2. The second kappa shape index (κ2) is 2.98. The van der Waals surface area contributed by atoms with Gasteiger partial charge in [-0.05, 0) is 18.8 Å². The fourth-order valence-corrected chi connectivity index (χ4v) is 2.45. The van der Waals surface area contributed by atoms with Crippen molar-refractivity contribution in [2.75, 3.05) is 0 Å². The van der Waals surface area contributed by atoms with Gasteiger partial charge in [-0.25, -0.2) is 0 Å². The molecule has 1 fully saturated rings. The standard InChI is InChI=1S/C10H12O3/c11-9-5-4-6-7(9)2-1-3-8(6)10(12)13/h1,3,6-8H,2,4-5H2,(H,12,13)/t6-,7-,8?/m0/s1. The Bertz CT molecular complexity index is 280. The normalized spacial score (nSPS) is 37.5. The van der Waals surface area contributed by atoms with Crippen molar-refractivity contribution in [1.82, 2.24) is 0 Å². The molecule has 2 rings (SSSR count). The summed E-state index contributed by atoms with van der Waals surface area (Å²) in [5.41, 5.74) is 0. The molecule has 0 aliphatic heterocycles. The topological polar surface area (TPSA) is 54.4 Å². The monoisotopic (exact) mass is 180 g/mol. The van der Waals surface area contributed by atoms with Crippen molar-refractivity contribution in [3.8, 4) is 0 Å². The quantitative estimate of drug-likeness (QED) is 0.618. The van der Waals surface area contributed by atoms with E-state index in [2.05, 4.69) is 0 Å². The van der Waals surface area contributed by atoms with Gasteiger partial charge >= 0.3 is 5.97 Å². The molecular weight excluding hydrogens is 168 g/mol. The maximum atomic E-state index is 11.3. The van der Waals surface area contributed by atoms with Crippen molar-refractivity contribution in [3.63, 3.8) is 0 Å². The number of carbonyl (C=O) groups is 2. The molecule has 13 heavy (non-hydrogen) atoms. The summed E-state index contributed by atoms with van der Waals surface area (Å²) < 4.78 is 0. The predicted octanol–water partition coefficient (Wildman–Crippen LogP) is 1.24. The maximum Gasteiger partial charge on any atom is 0.310 e. The second-order valence-electron chi connectivity index (χ2n) is 3.80. The average molecular weight is 180 g/mol. The number of Topliss-reactive ketones (excluding diaryl/α,β-unsaturated/α-hetero) is 1. The van der Waals surface area contributed by atoms with Gasteiger partial charge in [-0.1, -0.05) is 12.2 Å². The van der Waals surface area contributed by atoms with E-state index >= 15 is 0 Å². The van der Waals surface area contributed by atoms with Gasteiger partial charge in [-0.3, -0.25) is 9.59 Å². The minimum absolute atomic E-state index is 0.00824. The summed E-state index contributed by atoms with van der Waals surface area (Å²) in [6.07, 6.45) is 5.64. The summed E-state index contributed by atoms with van der Waals surface area (Å²) in [5.74, 6) is -0.910. The molecule has 0 amide bonds. The van der Waals surface area contributed by atoms with Crippen molar-refractivity contribution in [3.05, 3.63) is 12.2 Å². The number of carboxylic acids is 1. The molecule has 2 aliphatic carbocycles. The molecule has 3 nitrogen and oxygen atoms in total. The first-order chi connectivity index (χ1) is 6.20. The van der Waals surface area contributed by atoms with Crippen molar-refractivity contribution in [2.45, 2.75) is 19.3 Å². The Morgan fingerprint density at radius 2 is 2.31 bits per heavy atom. The van der Waals surface area contributed by atoms with Gasteiger partial charge in [0.15, 0.2) is 0 Å². The lowest BCUT2D eigenvalue weighted by molar-refractivity contribution is -0.142. The predicted molar refractivity (Wildman–Crippen MR) is 46.1 cm³/mol. The summed E-state index contributed by atoms with van der Waals surface area (Å²) in [6, 6.07) is 0. The molecule has 1 saturated carbocycles. The molecule has 3 atom stereocenters. The van der Waals surface area contributed by atoms with Crippen LogP contribution in [0.1, 0.15) is 19.3 Å². The molecule has 0 aromatic carbocycles. The third-order valence-corrected chi connectivity index (χ3v) is 3.13. The van der Waals surface area contributed by atoms with Gasteiger partial charge in [0.2, 0.25) is 0 Å². The van der Waals surface area contributed by atoms with Crippen LogP contribution in [0.3, 0.4) is 0 Å². The summed E-state index contributed by atoms with van der Waals surface area (Å²) in [5, 5.41) is 8.91. The minimum Gasteiger partial charge on any atom is -0.481 e. The lowest BCUT2D eigenvalue weighted by atomic mass is 9.78. The third-order valence-electron chi connectivity index (χ3n) is 3.13. The van der Waals surface area contributed by atoms with Crippen molar-refractivity contribution in [1.29, 1.82) is 0 Å². The lowest BCUT2D eigenvalue weighted by Crippen LogP contribution is -2.29. The van der Waals surface area contributed by atoms with Crippen LogP contribution in [-0.4, -0.2) is 16.9 Å². The molecule has 70 valence electrons. The Morgan fingerprint density at radius 3 is 3.00 bits per heavy atom. The van der Waals surface area contributed by atoms with Crippen molar-refractivity contribution >= 4 is 11.8 Å². The number of rotatable bonds is 1.